The maximum atomic E-state index is 11.9. The van der Waals surface area contributed by atoms with E-state index >= 15 is 0 Å². The summed E-state index contributed by atoms with van der Waals surface area (Å²) in [5, 5.41) is 11.9. The minimum Gasteiger partial charge on any atom is -0.480 e. The summed E-state index contributed by atoms with van der Waals surface area (Å²) in [5.41, 5.74) is 0.538. The molecule has 0 radical (unpaired) electrons. The van der Waals surface area contributed by atoms with Gasteiger partial charge in [0.25, 0.3) is 0 Å². The molecule has 0 saturated heterocycles. The summed E-state index contributed by atoms with van der Waals surface area (Å²) in [5.74, 6) is -0.989. The standard InChI is InChI=1S/C13H20N2O5S/c1-15(2)21(18,19)11-6-4-10(5-7-11)14-12(13(16)17)8-9-20-3/h4-7,12,14H,8-9H2,1-3H3,(H,16,17). The molecule has 0 aliphatic carbocycles. The molecule has 0 amide bonds. The molecule has 0 bridgehead atoms. The second-order valence-corrected chi connectivity index (χ2v) is 6.78. The molecule has 0 fully saturated rings. The molecule has 118 valence electrons. The number of nitrogens with zero attached hydrogens (tertiary/aromatic N) is 1. The molecule has 1 rings (SSSR count). The Bertz CT molecular complexity index is 569. The fourth-order valence-electron chi connectivity index (χ4n) is 1.63. The van der Waals surface area contributed by atoms with Crippen LogP contribution in [0.15, 0.2) is 29.2 Å². The molecule has 1 atom stereocenters. The number of benzene rings is 1. The van der Waals surface area contributed by atoms with Gasteiger partial charge in [0, 0.05) is 39.9 Å². The van der Waals surface area contributed by atoms with Gasteiger partial charge in [-0.25, -0.2) is 17.5 Å². The molecule has 1 aromatic carbocycles. The first-order chi connectivity index (χ1) is 9.78. The third-order valence-electron chi connectivity index (χ3n) is 2.88. The number of carboxylic acids is 1. The molecule has 8 heteroatoms. The van der Waals surface area contributed by atoms with Crippen LogP contribution in [0.25, 0.3) is 0 Å². The van der Waals surface area contributed by atoms with Crippen LogP contribution in [0.1, 0.15) is 6.42 Å². The zero-order chi connectivity index (χ0) is 16.0. The van der Waals surface area contributed by atoms with Crippen LogP contribution in [0.5, 0.6) is 0 Å². The van der Waals surface area contributed by atoms with Crippen LogP contribution in [-0.2, 0) is 19.6 Å². The summed E-state index contributed by atoms with van der Waals surface area (Å²) >= 11 is 0. The molecular weight excluding hydrogens is 296 g/mol. The summed E-state index contributed by atoms with van der Waals surface area (Å²) in [6.45, 7) is 0.317. The van der Waals surface area contributed by atoms with Crippen LogP contribution in [-0.4, -0.2) is 57.7 Å². The normalized spacial score (nSPS) is 13.1. The molecule has 0 aromatic heterocycles. The minimum atomic E-state index is -3.48. The van der Waals surface area contributed by atoms with Gasteiger partial charge in [0.1, 0.15) is 6.04 Å². The Balaban J connectivity index is 2.85. The van der Waals surface area contributed by atoms with E-state index in [4.69, 9.17) is 9.84 Å². The number of carbonyl (C=O) groups is 1. The lowest BCUT2D eigenvalue weighted by atomic mass is 10.2. The minimum absolute atomic E-state index is 0.154. The Morgan fingerprint density at radius 3 is 2.33 bits per heavy atom. The van der Waals surface area contributed by atoms with Gasteiger partial charge in [-0.05, 0) is 24.3 Å². The highest BCUT2D eigenvalue weighted by molar-refractivity contribution is 7.89. The third kappa shape index (κ3) is 4.69. The van der Waals surface area contributed by atoms with E-state index in [2.05, 4.69) is 5.32 Å². The highest BCUT2D eigenvalue weighted by atomic mass is 32.2. The molecule has 0 aliphatic heterocycles. The van der Waals surface area contributed by atoms with Crippen LogP contribution in [0.3, 0.4) is 0 Å². The molecule has 0 saturated carbocycles. The van der Waals surface area contributed by atoms with Crippen LogP contribution in [0.2, 0.25) is 0 Å². The highest BCUT2D eigenvalue weighted by Crippen LogP contribution is 2.17. The zero-order valence-electron chi connectivity index (χ0n) is 12.2. The van der Waals surface area contributed by atoms with Crippen molar-refractivity contribution in [3.63, 3.8) is 0 Å². The van der Waals surface area contributed by atoms with Crippen molar-refractivity contribution < 1.29 is 23.1 Å². The van der Waals surface area contributed by atoms with Crippen molar-refractivity contribution in [2.45, 2.75) is 17.4 Å². The Kier molecular flexibility index (Phi) is 6.13. The average molecular weight is 316 g/mol. The van der Waals surface area contributed by atoms with Crippen LogP contribution < -0.4 is 5.32 Å². The predicted octanol–water partition coefficient (Wildman–Crippen LogP) is 0.838. The lowest BCUT2D eigenvalue weighted by molar-refractivity contribution is -0.138. The predicted molar refractivity (Wildman–Crippen MR) is 78.9 cm³/mol. The smallest absolute Gasteiger partial charge is 0.326 e. The summed E-state index contributed by atoms with van der Waals surface area (Å²) in [7, 11) is 0.919. The Labute approximate surface area is 124 Å². The first kappa shape index (κ1) is 17.4. The quantitative estimate of drug-likeness (QED) is 0.738. The number of sulfonamides is 1. The maximum absolute atomic E-state index is 11.9. The van der Waals surface area contributed by atoms with Gasteiger partial charge < -0.3 is 15.2 Å². The number of aliphatic carboxylic acids is 1. The third-order valence-corrected chi connectivity index (χ3v) is 4.71. The van der Waals surface area contributed by atoms with Gasteiger partial charge in [0.15, 0.2) is 0 Å². The molecule has 0 spiro atoms. The van der Waals surface area contributed by atoms with E-state index in [0.29, 0.717) is 18.7 Å². The Hall–Kier alpha value is -1.64. The SMILES string of the molecule is COCCC(Nc1ccc(S(=O)(=O)N(C)C)cc1)C(=O)O. The van der Waals surface area contributed by atoms with E-state index in [1.165, 1.54) is 33.3 Å². The molecule has 1 unspecified atom stereocenters. The number of carboxylic acid groups (broad SMARTS) is 1. The van der Waals surface area contributed by atoms with Crippen molar-refractivity contribution in [2.24, 2.45) is 0 Å². The van der Waals surface area contributed by atoms with E-state index in [0.717, 1.165) is 4.31 Å². The largest absolute Gasteiger partial charge is 0.480 e. The summed E-state index contributed by atoms with van der Waals surface area (Å²) in [6.07, 6.45) is 0.309. The first-order valence-corrected chi connectivity index (χ1v) is 7.74. The number of methoxy groups -OCH3 is 1. The van der Waals surface area contributed by atoms with Gasteiger partial charge in [-0.2, -0.15) is 0 Å². The van der Waals surface area contributed by atoms with Crippen molar-refractivity contribution in [2.75, 3.05) is 33.1 Å². The van der Waals surface area contributed by atoms with E-state index in [-0.39, 0.29) is 4.90 Å². The van der Waals surface area contributed by atoms with E-state index in [1.54, 1.807) is 12.1 Å². The van der Waals surface area contributed by atoms with E-state index < -0.39 is 22.0 Å². The first-order valence-electron chi connectivity index (χ1n) is 6.30. The molecular formula is C13H20N2O5S. The zero-order valence-corrected chi connectivity index (χ0v) is 13.1. The summed E-state index contributed by atoms with van der Waals surface area (Å²) in [4.78, 5) is 11.3. The van der Waals surface area contributed by atoms with Crippen molar-refractivity contribution in [3.05, 3.63) is 24.3 Å². The van der Waals surface area contributed by atoms with Crippen LogP contribution in [0, 0.1) is 0 Å². The summed E-state index contributed by atoms with van der Waals surface area (Å²) in [6, 6.07) is 5.17. The molecule has 0 heterocycles. The van der Waals surface area contributed by atoms with Gasteiger partial charge in [0.2, 0.25) is 10.0 Å². The summed E-state index contributed by atoms with van der Waals surface area (Å²) < 4.78 is 29.8. The van der Waals surface area contributed by atoms with Crippen molar-refractivity contribution in [1.29, 1.82) is 0 Å². The van der Waals surface area contributed by atoms with Crippen LogP contribution >= 0.6 is 0 Å². The van der Waals surface area contributed by atoms with Crippen molar-refractivity contribution >= 4 is 21.7 Å². The molecule has 1 aromatic rings. The van der Waals surface area contributed by atoms with Gasteiger partial charge in [-0.1, -0.05) is 0 Å². The number of anilines is 1. The number of hydrogen-bond donors (Lipinski definition) is 2. The second-order valence-electron chi connectivity index (χ2n) is 4.63. The van der Waals surface area contributed by atoms with E-state index in [1.807, 2.05) is 0 Å². The fraction of sp³-hybridized carbons (Fsp3) is 0.462. The Morgan fingerprint density at radius 2 is 1.90 bits per heavy atom. The van der Waals surface area contributed by atoms with Gasteiger partial charge in [-0.3, -0.25) is 0 Å². The number of nitrogens with one attached hydrogen (secondary N) is 1. The molecule has 7 nitrogen and oxygen atoms in total. The highest BCUT2D eigenvalue weighted by Gasteiger charge is 2.19. The topological polar surface area (TPSA) is 95.9 Å². The van der Waals surface area contributed by atoms with Gasteiger partial charge in [-0.15, -0.1) is 0 Å². The molecule has 2 N–H and O–H groups in total. The van der Waals surface area contributed by atoms with Crippen LogP contribution in [0.4, 0.5) is 5.69 Å². The second kappa shape index (κ2) is 7.39. The van der Waals surface area contributed by atoms with Gasteiger partial charge in [0.05, 0.1) is 4.90 Å². The monoisotopic (exact) mass is 316 g/mol. The number of hydrogen-bond acceptors (Lipinski definition) is 5. The molecule has 0 aliphatic rings. The lowest BCUT2D eigenvalue weighted by Crippen LogP contribution is -2.30. The Morgan fingerprint density at radius 1 is 1.33 bits per heavy atom. The van der Waals surface area contributed by atoms with Gasteiger partial charge >= 0.3 is 5.97 Å². The number of ether oxygens (including phenoxy) is 1. The molecule has 21 heavy (non-hydrogen) atoms. The van der Waals surface area contributed by atoms with Crippen molar-refractivity contribution in [3.8, 4) is 0 Å². The van der Waals surface area contributed by atoms with Crippen molar-refractivity contribution in [1.82, 2.24) is 4.31 Å². The average Bonchev–Trinajstić information content (AvgIpc) is 2.43. The lowest BCUT2D eigenvalue weighted by Gasteiger charge is -2.16. The van der Waals surface area contributed by atoms with E-state index in [9.17, 15) is 13.2 Å². The number of rotatable bonds is 8. The maximum Gasteiger partial charge on any atom is 0.326 e. The fourth-order valence-corrected chi connectivity index (χ4v) is 2.53.